The van der Waals surface area contributed by atoms with Crippen LogP contribution < -0.4 is 0 Å². The first-order chi connectivity index (χ1) is 22.3. The summed E-state index contributed by atoms with van der Waals surface area (Å²) < 4.78 is 6.63. The summed E-state index contributed by atoms with van der Waals surface area (Å²) in [6, 6.07) is 52.2. The number of para-hydroxylation sites is 1. The van der Waals surface area contributed by atoms with E-state index in [0.29, 0.717) is 17.5 Å². The summed E-state index contributed by atoms with van der Waals surface area (Å²) in [7, 11) is 0. The minimum atomic E-state index is 0.609. The van der Waals surface area contributed by atoms with Gasteiger partial charge in [-0.1, -0.05) is 127 Å². The highest BCUT2D eigenvalue weighted by Crippen LogP contribution is 2.42. The number of hydrogen-bond donors (Lipinski definition) is 0. The third kappa shape index (κ3) is 4.35. The van der Waals surface area contributed by atoms with Crippen molar-refractivity contribution in [2.24, 2.45) is 0 Å². The van der Waals surface area contributed by atoms with Crippen molar-refractivity contribution in [1.82, 2.24) is 15.0 Å². The molecule has 0 aliphatic heterocycles. The normalized spacial score (nSPS) is 11.6. The topological polar surface area (TPSA) is 51.8 Å². The summed E-state index contributed by atoms with van der Waals surface area (Å²) in [6.45, 7) is 0. The van der Waals surface area contributed by atoms with Crippen molar-refractivity contribution < 1.29 is 4.42 Å². The molecule has 4 nitrogen and oxygen atoms in total. The van der Waals surface area contributed by atoms with Crippen LogP contribution in [0.1, 0.15) is 0 Å². The molecule has 4 heteroatoms. The molecule has 0 unspecified atom stereocenters. The molecule has 0 saturated carbocycles. The fraction of sp³-hybridized carbons (Fsp3) is 0. The molecular formula is C41H25N3O. The molecule has 0 aliphatic rings. The van der Waals surface area contributed by atoms with Gasteiger partial charge in [-0.25, -0.2) is 15.0 Å². The lowest BCUT2D eigenvalue weighted by Gasteiger charge is -2.11. The van der Waals surface area contributed by atoms with Crippen molar-refractivity contribution in [2.75, 3.05) is 0 Å². The Morgan fingerprint density at radius 2 is 1.00 bits per heavy atom. The van der Waals surface area contributed by atoms with E-state index in [9.17, 15) is 0 Å². The molecule has 9 rings (SSSR count). The second-order valence-corrected chi connectivity index (χ2v) is 11.3. The van der Waals surface area contributed by atoms with Crippen LogP contribution in [0.15, 0.2) is 156 Å². The molecule has 0 N–H and O–H groups in total. The highest BCUT2D eigenvalue weighted by atomic mass is 16.3. The lowest BCUT2D eigenvalue weighted by molar-refractivity contribution is 0.672. The van der Waals surface area contributed by atoms with Crippen LogP contribution in [-0.2, 0) is 0 Å². The molecule has 7 aromatic carbocycles. The van der Waals surface area contributed by atoms with E-state index >= 15 is 0 Å². The molecule has 0 saturated heterocycles. The smallest absolute Gasteiger partial charge is 0.164 e. The zero-order valence-corrected chi connectivity index (χ0v) is 24.2. The maximum absolute atomic E-state index is 6.63. The Labute approximate surface area is 259 Å². The number of rotatable bonds is 4. The first kappa shape index (κ1) is 25.4. The standard InChI is InChI=1S/C41H25N3O/c1-3-11-26(12-4-1)30-20-21-31-25-35(37-33-17-9-10-18-36(33)45-38(37)34(31)24-30)41-43-39(28-14-5-2-6-15-28)42-40(44-41)32-22-19-27-13-7-8-16-29(27)23-32/h1-25H. The molecule has 2 aromatic heterocycles. The molecule has 0 fully saturated rings. The van der Waals surface area contributed by atoms with Gasteiger partial charge in [-0.3, -0.25) is 0 Å². The van der Waals surface area contributed by atoms with E-state index < -0.39 is 0 Å². The van der Waals surface area contributed by atoms with Gasteiger partial charge >= 0.3 is 0 Å². The lowest BCUT2D eigenvalue weighted by atomic mass is 9.96. The minimum absolute atomic E-state index is 0.609. The van der Waals surface area contributed by atoms with Crippen molar-refractivity contribution in [2.45, 2.75) is 0 Å². The van der Waals surface area contributed by atoms with E-state index in [4.69, 9.17) is 19.4 Å². The molecule has 0 aliphatic carbocycles. The summed E-state index contributed by atoms with van der Waals surface area (Å²) in [5, 5.41) is 6.46. The number of aromatic nitrogens is 3. The van der Waals surface area contributed by atoms with Gasteiger partial charge in [-0.2, -0.15) is 0 Å². The largest absolute Gasteiger partial charge is 0.455 e. The summed E-state index contributed by atoms with van der Waals surface area (Å²) in [6.07, 6.45) is 0. The maximum atomic E-state index is 6.63. The fourth-order valence-electron chi connectivity index (χ4n) is 6.27. The second kappa shape index (κ2) is 10.2. The fourth-order valence-corrected chi connectivity index (χ4v) is 6.27. The first-order valence-corrected chi connectivity index (χ1v) is 15.0. The molecule has 0 spiro atoms. The molecule has 0 bridgehead atoms. The monoisotopic (exact) mass is 575 g/mol. The Morgan fingerprint density at radius 1 is 0.378 bits per heavy atom. The van der Waals surface area contributed by atoms with Crippen LogP contribution in [0, 0.1) is 0 Å². The highest BCUT2D eigenvalue weighted by molar-refractivity contribution is 6.21. The summed E-state index contributed by atoms with van der Waals surface area (Å²) >= 11 is 0. The van der Waals surface area contributed by atoms with E-state index in [0.717, 1.165) is 65.9 Å². The SMILES string of the molecule is c1ccc(-c2ccc3cc(-c4nc(-c5ccccc5)nc(-c5ccc6ccccc6c5)n4)c4c5ccccc5oc4c3c2)cc1. The van der Waals surface area contributed by atoms with Gasteiger partial charge in [0, 0.05) is 32.8 Å². The van der Waals surface area contributed by atoms with Crippen molar-refractivity contribution in [3.05, 3.63) is 152 Å². The first-order valence-electron chi connectivity index (χ1n) is 15.0. The zero-order valence-electron chi connectivity index (χ0n) is 24.2. The van der Waals surface area contributed by atoms with Crippen LogP contribution in [0.2, 0.25) is 0 Å². The van der Waals surface area contributed by atoms with Gasteiger partial charge < -0.3 is 4.42 Å². The molecule has 0 atom stereocenters. The predicted molar refractivity (Wildman–Crippen MR) is 184 cm³/mol. The van der Waals surface area contributed by atoms with E-state index in [2.05, 4.69) is 103 Å². The maximum Gasteiger partial charge on any atom is 0.164 e. The van der Waals surface area contributed by atoms with Gasteiger partial charge in [0.15, 0.2) is 17.5 Å². The molecule has 210 valence electrons. The number of nitrogens with zero attached hydrogens (tertiary/aromatic N) is 3. The molecule has 45 heavy (non-hydrogen) atoms. The molecular weight excluding hydrogens is 550 g/mol. The summed E-state index contributed by atoms with van der Waals surface area (Å²) in [5.74, 6) is 1.87. The van der Waals surface area contributed by atoms with Crippen LogP contribution >= 0.6 is 0 Å². The van der Waals surface area contributed by atoms with Gasteiger partial charge in [0.1, 0.15) is 11.2 Å². The Balaban J connectivity index is 1.34. The van der Waals surface area contributed by atoms with E-state index in [1.165, 1.54) is 5.39 Å². The lowest BCUT2D eigenvalue weighted by Crippen LogP contribution is -2.00. The van der Waals surface area contributed by atoms with Crippen LogP contribution in [0.4, 0.5) is 0 Å². The van der Waals surface area contributed by atoms with E-state index in [-0.39, 0.29) is 0 Å². The third-order valence-corrected chi connectivity index (χ3v) is 8.49. The van der Waals surface area contributed by atoms with Crippen molar-refractivity contribution in [3.8, 4) is 45.3 Å². The molecule has 2 heterocycles. The predicted octanol–water partition coefficient (Wildman–Crippen LogP) is 10.7. The molecule has 0 radical (unpaired) electrons. The van der Waals surface area contributed by atoms with Crippen molar-refractivity contribution in [1.29, 1.82) is 0 Å². The number of benzene rings is 7. The quantitative estimate of drug-likeness (QED) is 0.209. The third-order valence-electron chi connectivity index (χ3n) is 8.49. The Morgan fingerprint density at radius 3 is 1.82 bits per heavy atom. The Bertz CT molecular complexity index is 2540. The van der Waals surface area contributed by atoms with Crippen LogP contribution in [0.3, 0.4) is 0 Å². The van der Waals surface area contributed by atoms with Gasteiger partial charge in [0.25, 0.3) is 0 Å². The summed E-state index contributed by atoms with van der Waals surface area (Å²) in [4.78, 5) is 15.3. The number of fused-ring (bicyclic) bond motifs is 6. The van der Waals surface area contributed by atoms with E-state index in [1.54, 1.807) is 0 Å². The van der Waals surface area contributed by atoms with Crippen LogP contribution in [0.5, 0.6) is 0 Å². The van der Waals surface area contributed by atoms with Crippen molar-refractivity contribution in [3.63, 3.8) is 0 Å². The van der Waals surface area contributed by atoms with Gasteiger partial charge in [-0.05, 0) is 51.6 Å². The molecule has 9 aromatic rings. The van der Waals surface area contributed by atoms with Crippen LogP contribution in [0.25, 0.3) is 88.8 Å². The summed E-state index contributed by atoms with van der Waals surface area (Å²) in [5.41, 5.74) is 6.76. The van der Waals surface area contributed by atoms with Gasteiger partial charge in [0.2, 0.25) is 0 Å². The number of furan rings is 1. The Hall–Kier alpha value is -6.13. The highest BCUT2D eigenvalue weighted by Gasteiger charge is 2.20. The second-order valence-electron chi connectivity index (χ2n) is 11.3. The number of hydrogen-bond acceptors (Lipinski definition) is 4. The van der Waals surface area contributed by atoms with Crippen molar-refractivity contribution >= 4 is 43.5 Å². The average Bonchev–Trinajstić information content (AvgIpc) is 3.51. The average molecular weight is 576 g/mol. The van der Waals surface area contributed by atoms with Gasteiger partial charge in [-0.15, -0.1) is 0 Å². The Kier molecular flexibility index (Phi) is 5.78. The van der Waals surface area contributed by atoms with E-state index in [1.807, 2.05) is 48.5 Å². The van der Waals surface area contributed by atoms with Crippen LogP contribution in [-0.4, -0.2) is 15.0 Å². The minimum Gasteiger partial charge on any atom is -0.455 e. The molecule has 0 amide bonds. The zero-order chi connectivity index (χ0) is 29.7. The van der Waals surface area contributed by atoms with Gasteiger partial charge in [0.05, 0.1) is 0 Å².